The molecule has 0 bridgehead atoms. The molecule has 0 aliphatic carbocycles. The molecule has 246 valence electrons. The van der Waals surface area contributed by atoms with E-state index in [0.29, 0.717) is 17.5 Å². The maximum atomic E-state index is 6.84. The van der Waals surface area contributed by atoms with E-state index in [4.69, 9.17) is 24.4 Å². The third kappa shape index (κ3) is 4.64. The van der Waals surface area contributed by atoms with Gasteiger partial charge in [-0.15, -0.1) is 0 Å². The van der Waals surface area contributed by atoms with Crippen LogP contribution in [0, 0.1) is 0 Å². The molecule has 2 aliphatic rings. The van der Waals surface area contributed by atoms with Gasteiger partial charge in [0.15, 0.2) is 17.5 Å². The molecular formula is C48H28N4O. The molecule has 5 nitrogen and oxygen atoms in total. The summed E-state index contributed by atoms with van der Waals surface area (Å²) >= 11 is 0. The fourth-order valence-electron chi connectivity index (χ4n) is 7.88. The van der Waals surface area contributed by atoms with E-state index in [0.717, 1.165) is 93.5 Å². The third-order valence-electron chi connectivity index (χ3n) is 10.3. The summed E-state index contributed by atoms with van der Waals surface area (Å²) in [4.78, 5) is 20.8. The molecule has 11 rings (SSSR count). The lowest BCUT2D eigenvalue weighted by atomic mass is 9.93. The van der Waals surface area contributed by atoms with Crippen molar-refractivity contribution in [3.8, 4) is 56.7 Å². The molecule has 0 saturated carbocycles. The van der Waals surface area contributed by atoms with Crippen LogP contribution in [-0.2, 0) is 0 Å². The summed E-state index contributed by atoms with van der Waals surface area (Å²) in [6.07, 6.45) is 0. The van der Waals surface area contributed by atoms with Crippen LogP contribution >= 0.6 is 0 Å². The zero-order valence-electron chi connectivity index (χ0n) is 28.4. The Hall–Kier alpha value is -7.24. The van der Waals surface area contributed by atoms with E-state index in [1.807, 2.05) is 24.3 Å². The minimum absolute atomic E-state index is 0.606. The van der Waals surface area contributed by atoms with Crippen LogP contribution in [0.15, 0.2) is 174 Å². The summed E-state index contributed by atoms with van der Waals surface area (Å²) in [6.45, 7) is 0. The Morgan fingerprint density at radius 1 is 0.321 bits per heavy atom. The molecule has 9 aromatic rings. The smallest absolute Gasteiger partial charge is 0.164 e. The summed E-state index contributed by atoms with van der Waals surface area (Å²) < 4.78 is 6.84. The van der Waals surface area contributed by atoms with Crippen molar-refractivity contribution in [2.24, 2.45) is 0 Å². The Bertz CT molecular complexity index is 3090. The number of fused-ring (bicyclic) bond motifs is 8. The molecule has 0 radical (unpaired) electrons. The van der Waals surface area contributed by atoms with Crippen LogP contribution in [0.5, 0.6) is 0 Å². The Balaban J connectivity index is 1.19. The lowest BCUT2D eigenvalue weighted by Gasteiger charge is -2.16. The van der Waals surface area contributed by atoms with Crippen molar-refractivity contribution in [3.05, 3.63) is 170 Å². The first-order valence-electron chi connectivity index (χ1n) is 17.7. The second-order valence-corrected chi connectivity index (χ2v) is 13.3. The van der Waals surface area contributed by atoms with Crippen molar-refractivity contribution in [3.63, 3.8) is 0 Å². The highest BCUT2D eigenvalue weighted by atomic mass is 16.3. The summed E-state index contributed by atoms with van der Waals surface area (Å²) in [5.74, 6) is 2.65. The van der Waals surface area contributed by atoms with Crippen molar-refractivity contribution in [2.75, 3.05) is 0 Å². The fourth-order valence-corrected chi connectivity index (χ4v) is 7.88. The SMILES string of the molecule is c1ccc2c(-c3nc(-c4cccc5ccccc45)nc(-c4ccc(-c5oc6ccccc6c6nc7ccccc7c5-6)c5ccccc45)n3)cccc2c1. The number of para-hydroxylation sites is 2. The van der Waals surface area contributed by atoms with Crippen molar-refractivity contribution < 1.29 is 4.42 Å². The molecule has 5 heteroatoms. The summed E-state index contributed by atoms with van der Waals surface area (Å²) in [5.41, 5.74) is 7.51. The Morgan fingerprint density at radius 2 is 0.774 bits per heavy atom. The molecule has 8 aromatic carbocycles. The largest absolute Gasteiger partial charge is 0.455 e. The van der Waals surface area contributed by atoms with Gasteiger partial charge in [-0.2, -0.15) is 0 Å². The van der Waals surface area contributed by atoms with E-state index >= 15 is 0 Å². The van der Waals surface area contributed by atoms with E-state index in [-0.39, 0.29) is 0 Å². The molecule has 0 spiro atoms. The maximum absolute atomic E-state index is 6.84. The van der Waals surface area contributed by atoms with Gasteiger partial charge in [-0.3, -0.25) is 0 Å². The quantitative estimate of drug-likeness (QED) is 0.186. The second kappa shape index (κ2) is 11.7. The first-order chi connectivity index (χ1) is 26.3. The second-order valence-electron chi connectivity index (χ2n) is 13.3. The molecule has 53 heavy (non-hydrogen) atoms. The van der Waals surface area contributed by atoms with Gasteiger partial charge in [-0.05, 0) is 62.6 Å². The predicted octanol–water partition coefficient (Wildman–Crippen LogP) is 12.4. The van der Waals surface area contributed by atoms with Gasteiger partial charge in [0, 0.05) is 33.0 Å². The molecule has 2 aliphatic heterocycles. The van der Waals surface area contributed by atoms with Crippen LogP contribution in [0.25, 0.3) is 111 Å². The predicted molar refractivity (Wildman–Crippen MR) is 216 cm³/mol. The normalized spacial score (nSPS) is 11.8. The van der Waals surface area contributed by atoms with E-state index in [9.17, 15) is 0 Å². The topological polar surface area (TPSA) is 64.7 Å². The average molecular weight is 677 g/mol. The van der Waals surface area contributed by atoms with Crippen LogP contribution in [0.1, 0.15) is 0 Å². The van der Waals surface area contributed by atoms with Crippen LogP contribution in [0.2, 0.25) is 0 Å². The summed E-state index contributed by atoms with van der Waals surface area (Å²) in [5, 5.41) is 8.57. The Labute approximate surface area is 304 Å². The number of nitrogens with zero attached hydrogens (tertiary/aromatic N) is 4. The van der Waals surface area contributed by atoms with Crippen LogP contribution in [0.3, 0.4) is 0 Å². The van der Waals surface area contributed by atoms with Gasteiger partial charge >= 0.3 is 0 Å². The van der Waals surface area contributed by atoms with Crippen molar-refractivity contribution in [1.29, 1.82) is 0 Å². The van der Waals surface area contributed by atoms with E-state index in [1.54, 1.807) is 0 Å². The molecule has 0 fully saturated rings. The standard InChI is InChI=1S/C48H28N4O/c1-3-17-31-29(13-1)15-11-23-36(31)46-50-47(37-24-12-16-30-14-2-4-18-32(30)37)52-48(51-46)38-28-27-35(33-19-5-6-20-34(33)38)45-43-39-21-7-9-25-41(39)49-44(43)40-22-8-10-26-42(40)53-45/h1-28H. The number of rotatable bonds is 4. The molecular weight excluding hydrogens is 649 g/mol. The summed E-state index contributed by atoms with van der Waals surface area (Å²) in [7, 11) is 0. The minimum Gasteiger partial charge on any atom is -0.455 e. The lowest BCUT2D eigenvalue weighted by molar-refractivity contribution is 0.622. The molecule has 0 atom stereocenters. The van der Waals surface area contributed by atoms with Crippen molar-refractivity contribution in [2.45, 2.75) is 0 Å². The van der Waals surface area contributed by atoms with Crippen LogP contribution in [-0.4, -0.2) is 19.9 Å². The van der Waals surface area contributed by atoms with Gasteiger partial charge < -0.3 is 4.42 Å². The molecule has 3 heterocycles. The van der Waals surface area contributed by atoms with E-state index in [1.165, 1.54) is 0 Å². The zero-order chi connectivity index (χ0) is 34.9. The molecule has 0 saturated heterocycles. The number of hydrogen-bond donors (Lipinski definition) is 0. The minimum atomic E-state index is 0.606. The van der Waals surface area contributed by atoms with E-state index < -0.39 is 0 Å². The highest BCUT2D eigenvalue weighted by Crippen LogP contribution is 2.46. The van der Waals surface area contributed by atoms with Crippen LogP contribution in [0.4, 0.5) is 0 Å². The Morgan fingerprint density at radius 3 is 1.42 bits per heavy atom. The summed E-state index contributed by atoms with van der Waals surface area (Å²) in [6, 6.07) is 58.5. The fraction of sp³-hybridized carbons (Fsp3) is 0. The van der Waals surface area contributed by atoms with Gasteiger partial charge in [0.25, 0.3) is 0 Å². The highest BCUT2D eigenvalue weighted by Gasteiger charge is 2.25. The van der Waals surface area contributed by atoms with Gasteiger partial charge in [-0.25, -0.2) is 19.9 Å². The molecule has 1 aromatic heterocycles. The monoisotopic (exact) mass is 676 g/mol. The van der Waals surface area contributed by atoms with Gasteiger partial charge in [0.05, 0.1) is 16.8 Å². The third-order valence-corrected chi connectivity index (χ3v) is 10.3. The number of hydrogen-bond acceptors (Lipinski definition) is 5. The average Bonchev–Trinajstić information content (AvgIpc) is 3.63. The zero-order valence-corrected chi connectivity index (χ0v) is 28.4. The first kappa shape index (κ1) is 29.5. The van der Waals surface area contributed by atoms with Gasteiger partial charge in [0.2, 0.25) is 0 Å². The molecule has 0 unspecified atom stereocenters. The lowest BCUT2D eigenvalue weighted by Crippen LogP contribution is -2.01. The van der Waals surface area contributed by atoms with Crippen molar-refractivity contribution >= 4 is 54.2 Å². The first-order valence-corrected chi connectivity index (χ1v) is 17.7. The number of benzene rings is 8. The van der Waals surface area contributed by atoms with Crippen LogP contribution < -0.4 is 0 Å². The highest BCUT2D eigenvalue weighted by molar-refractivity contribution is 6.14. The van der Waals surface area contributed by atoms with E-state index in [2.05, 4.69) is 146 Å². The molecule has 0 amide bonds. The van der Waals surface area contributed by atoms with Crippen molar-refractivity contribution in [1.82, 2.24) is 19.9 Å². The van der Waals surface area contributed by atoms with Gasteiger partial charge in [-0.1, -0.05) is 140 Å². The van der Waals surface area contributed by atoms with Gasteiger partial charge in [0.1, 0.15) is 11.3 Å². The molecule has 0 N–H and O–H groups in total. The Kier molecular flexibility index (Phi) is 6.48. The maximum Gasteiger partial charge on any atom is 0.164 e. The number of aromatic nitrogens is 4.